The van der Waals surface area contributed by atoms with Gasteiger partial charge in [0.1, 0.15) is 0 Å². The van der Waals surface area contributed by atoms with E-state index in [4.69, 9.17) is 5.73 Å². The van der Waals surface area contributed by atoms with Gasteiger partial charge in [0.2, 0.25) is 5.91 Å². The summed E-state index contributed by atoms with van der Waals surface area (Å²) in [5.41, 5.74) is 5.43. The van der Waals surface area contributed by atoms with Gasteiger partial charge in [0, 0.05) is 17.0 Å². The Hall–Kier alpha value is -0.580. The van der Waals surface area contributed by atoms with Crippen molar-refractivity contribution in [1.82, 2.24) is 5.32 Å². The molecule has 0 saturated heterocycles. The highest BCUT2D eigenvalue weighted by atomic mass is 35.5. The van der Waals surface area contributed by atoms with Gasteiger partial charge in [-0.3, -0.25) is 4.79 Å². The number of nitrogens with two attached hydrogens (primary N) is 1. The third-order valence-electron chi connectivity index (χ3n) is 2.08. The maximum absolute atomic E-state index is 11.7. The molecule has 1 amide bonds. The molecule has 1 heterocycles. The zero-order valence-corrected chi connectivity index (χ0v) is 11.5. The SMILES string of the molecule is CC(C(=O)NCC(C)(C)N)c1cccs1.Cl. The summed E-state index contributed by atoms with van der Waals surface area (Å²) in [4.78, 5) is 12.8. The lowest BCUT2D eigenvalue weighted by Crippen LogP contribution is -2.45. The molecule has 0 aromatic carbocycles. The zero-order chi connectivity index (χ0) is 11.5. The second-order valence-corrected chi connectivity index (χ2v) is 5.42. The molecule has 0 aliphatic rings. The third-order valence-corrected chi connectivity index (χ3v) is 3.14. The average Bonchev–Trinajstić information content (AvgIpc) is 2.64. The van der Waals surface area contributed by atoms with Gasteiger partial charge in [-0.05, 0) is 32.2 Å². The molecule has 3 nitrogen and oxygen atoms in total. The minimum absolute atomic E-state index is 0. The van der Waals surface area contributed by atoms with E-state index in [1.165, 1.54) is 0 Å². The summed E-state index contributed by atoms with van der Waals surface area (Å²) in [6, 6.07) is 3.93. The summed E-state index contributed by atoms with van der Waals surface area (Å²) in [5.74, 6) is -0.0525. The lowest BCUT2D eigenvalue weighted by molar-refractivity contribution is -0.122. The van der Waals surface area contributed by atoms with Crippen LogP contribution in [-0.4, -0.2) is 18.0 Å². The standard InChI is InChI=1S/C11H18N2OS.ClH/c1-8(9-5-4-6-15-9)10(14)13-7-11(2,3)12;/h4-6,8H,7,12H2,1-3H3,(H,13,14);1H. The Labute approximate surface area is 107 Å². The second-order valence-electron chi connectivity index (χ2n) is 4.44. The molecule has 5 heteroatoms. The Morgan fingerprint density at radius 3 is 2.69 bits per heavy atom. The van der Waals surface area contributed by atoms with E-state index >= 15 is 0 Å². The van der Waals surface area contributed by atoms with Gasteiger partial charge in [0.25, 0.3) is 0 Å². The molecule has 16 heavy (non-hydrogen) atoms. The molecular formula is C11H19ClN2OS. The maximum Gasteiger partial charge on any atom is 0.228 e. The minimum Gasteiger partial charge on any atom is -0.354 e. The van der Waals surface area contributed by atoms with Crippen LogP contribution in [0.3, 0.4) is 0 Å². The quantitative estimate of drug-likeness (QED) is 0.873. The van der Waals surface area contributed by atoms with E-state index in [0.717, 1.165) is 4.88 Å². The topological polar surface area (TPSA) is 55.1 Å². The minimum atomic E-state index is -0.356. The number of hydrogen-bond acceptors (Lipinski definition) is 3. The van der Waals surface area contributed by atoms with Crippen LogP contribution in [0.4, 0.5) is 0 Å². The van der Waals surface area contributed by atoms with Crippen molar-refractivity contribution in [2.24, 2.45) is 5.73 Å². The Morgan fingerprint density at radius 1 is 1.62 bits per heavy atom. The molecular weight excluding hydrogens is 244 g/mol. The maximum atomic E-state index is 11.7. The van der Waals surface area contributed by atoms with E-state index in [1.807, 2.05) is 38.3 Å². The van der Waals surface area contributed by atoms with Crippen LogP contribution < -0.4 is 11.1 Å². The molecule has 0 bridgehead atoms. The van der Waals surface area contributed by atoms with Crippen LogP contribution in [0, 0.1) is 0 Å². The molecule has 1 rings (SSSR count). The molecule has 92 valence electrons. The fourth-order valence-corrected chi connectivity index (χ4v) is 1.92. The van der Waals surface area contributed by atoms with Crippen LogP contribution in [0.15, 0.2) is 17.5 Å². The fraction of sp³-hybridized carbons (Fsp3) is 0.545. The lowest BCUT2D eigenvalue weighted by atomic mass is 10.1. The van der Waals surface area contributed by atoms with Crippen LogP contribution in [-0.2, 0) is 4.79 Å². The molecule has 1 aromatic heterocycles. The van der Waals surface area contributed by atoms with Crippen molar-refractivity contribution in [2.45, 2.75) is 32.2 Å². The lowest BCUT2D eigenvalue weighted by Gasteiger charge is -2.20. The van der Waals surface area contributed by atoms with E-state index < -0.39 is 0 Å². The summed E-state index contributed by atoms with van der Waals surface area (Å²) in [6.45, 7) is 6.19. The van der Waals surface area contributed by atoms with Crippen LogP contribution in [0.1, 0.15) is 31.6 Å². The monoisotopic (exact) mass is 262 g/mol. The Balaban J connectivity index is 0.00000225. The third kappa shape index (κ3) is 4.96. The molecule has 0 aliphatic carbocycles. The Kier molecular flexibility index (Phi) is 6.00. The van der Waals surface area contributed by atoms with E-state index in [-0.39, 0.29) is 29.8 Å². The summed E-state index contributed by atoms with van der Waals surface area (Å²) in [5, 5.41) is 4.83. The van der Waals surface area contributed by atoms with Crippen molar-refractivity contribution < 1.29 is 4.79 Å². The first-order valence-corrected chi connectivity index (χ1v) is 5.88. The number of carbonyl (C=O) groups excluding carboxylic acids is 1. The fourth-order valence-electron chi connectivity index (χ4n) is 1.13. The molecule has 3 N–H and O–H groups in total. The predicted molar refractivity (Wildman–Crippen MR) is 71.3 cm³/mol. The molecule has 1 atom stereocenters. The molecule has 1 aromatic rings. The highest BCUT2D eigenvalue weighted by Gasteiger charge is 2.18. The number of thiophene rings is 1. The molecule has 0 fully saturated rings. The molecule has 0 saturated carbocycles. The number of halogens is 1. The summed E-state index contributed by atoms with van der Waals surface area (Å²) in [6.07, 6.45) is 0. The van der Waals surface area contributed by atoms with Gasteiger partial charge in [-0.2, -0.15) is 0 Å². The zero-order valence-electron chi connectivity index (χ0n) is 9.82. The summed E-state index contributed by atoms with van der Waals surface area (Å²) < 4.78 is 0. The second kappa shape index (κ2) is 6.23. The summed E-state index contributed by atoms with van der Waals surface area (Å²) >= 11 is 1.60. The Bertz CT molecular complexity index is 319. The first kappa shape index (κ1) is 15.4. The van der Waals surface area contributed by atoms with E-state index in [1.54, 1.807) is 11.3 Å². The van der Waals surface area contributed by atoms with Gasteiger partial charge >= 0.3 is 0 Å². The van der Waals surface area contributed by atoms with Gasteiger partial charge in [0.15, 0.2) is 0 Å². The van der Waals surface area contributed by atoms with Crippen LogP contribution in [0.5, 0.6) is 0 Å². The number of nitrogens with one attached hydrogen (secondary N) is 1. The van der Waals surface area contributed by atoms with Crippen molar-refractivity contribution >= 4 is 29.7 Å². The Morgan fingerprint density at radius 2 is 2.25 bits per heavy atom. The van der Waals surface area contributed by atoms with Gasteiger partial charge in [-0.15, -0.1) is 23.7 Å². The summed E-state index contributed by atoms with van der Waals surface area (Å²) in [7, 11) is 0. The molecule has 0 spiro atoms. The first-order valence-electron chi connectivity index (χ1n) is 5.00. The normalized spacial score (nSPS) is 12.8. The van der Waals surface area contributed by atoms with E-state index in [2.05, 4.69) is 5.32 Å². The van der Waals surface area contributed by atoms with Crippen LogP contribution in [0.2, 0.25) is 0 Å². The number of carbonyl (C=O) groups is 1. The average molecular weight is 263 g/mol. The van der Waals surface area contributed by atoms with Crippen LogP contribution in [0.25, 0.3) is 0 Å². The first-order chi connectivity index (χ1) is 6.90. The largest absolute Gasteiger partial charge is 0.354 e. The van der Waals surface area contributed by atoms with Crippen molar-refractivity contribution in [2.75, 3.05) is 6.54 Å². The smallest absolute Gasteiger partial charge is 0.228 e. The van der Waals surface area contributed by atoms with Crippen molar-refractivity contribution in [3.8, 4) is 0 Å². The molecule has 0 aliphatic heterocycles. The number of amides is 1. The molecule has 0 radical (unpaired) electrons. The van der Waals surface area contributed by atoms with Gasteiger partial charge in [0.05, 0.1) is 5.92 Å². The van der Waals surface area contributed by atoms with Gasteiger partial charge in [-0.25, -0.2) is 0 Å². The van der Waals surface area contributed by atoms with E-state index in [9.17, 15) is 4.79 Å². The van der Waals surface area contributed by atoms with E-state index in [0.29, 0.717) is 6.54 Å². The van der Waals surface area contributed by atoms with Crippen LogP contribution >= 0.6 is 23.7 Å². The number of hydrogen-bond donors (Lipinski definition) is 2. The van der Waals surface area contributed by atoms with Crippen molar-refractivity contribution in [1.29, 1.82) is 0 Å². The van der Waals surface area contributed by atoms with Gasteiger partial charge in [-0.1, -0.05) is 6.07 Å². The highest BCUT2D eigenvalue weighted by Crippen LogP contribution is 2.20. The van der Waals surface area contributed by atoms with Crippen molar-refractivity contribution in [3.05, 3.63) is 22.4 Å². The highest BCUT2D eigenvalue weighted by molar-refractivity contribution is 7.10. The van der Waals surface area contributed by atoms with Crippen molar-refractivity contribution in [3.63, 3.8) is 0 Å². The predicted octanol–water partition coefficient (Wildman–Crippen LogP) is 2.13. The number of rotatable bonds is 4. The van der Waals surface area contributed by atoms with Gasteiger partial charge < -0.3 is 11.1 Å². The molecule has 1 unspecified atom stereocenters.